The van der Waals surface area contributed by atoms with Gasteiger partial charge in [0.05, 0.1) is 5.69 Å². The lowest BCUT2D eigenvalue weighted by Crippen LogP contribution is -2.00. The van der Waals surface area contributed by atoms with Gasteiger partial charge in [-0.1, -0.05) is 18.2 Å². The summed E-state index contributed by atoms with van der Waals surface area (Å²) in [5, 5.41) is 7.14. The van der Waals surface area contributed by atoms with Crippen LogP contribution in [0.2, 0.25) is 0 Å². The summed E-state index contributed by atoms with van der Waals surface area (Å²) in [7, 11) is 1.75. The smallest absolute Gasteiger partial charge is 0.342 e. The summed E-state index contributed by atoms with van der Waals surface area (Å²) in [5.74, 6) is 0.894. The van der Waals surface area contributed by atoms with E-state index in [4.69, 9.17) is 4.74 Å². The molecule has 0 saturated carbocycles. The van der Waals surface area contributed by atoms with Crippen LogP contribution in [-0.4, -0.2) is 31.8 Å². The van der Waals surface area contributed by atoms with Crippen molar-refractivity contribution >= 4 is 5.95 Å². The largest absolute Gasteiger partial charge is 0.404 e. The third kappa shape index (κ3) is 2.97. The van der Waals surface area contributed by atoms with Crippen LogP contribution in [0.25, 0.3) is 5.69 Å². The second-order valence-corrected chi connectivity index (χ2v) is 4.33. The summed E-state index contributed by atoms with van der Waals surface area (Å²) in [6.45, 7) is 1.87. The lowest BCUT2D eigenvalue weighted by molar-refractivity contribution is 0.424. The maximum atomic E-state index is 5.57. The van der Waals surface area contributed by atoms with Gasteiger partial charge in [0.25, 0.3) is 0 Å². The molecule has 7 nitrogen and oxygen atoms in total. The predicted octanol–water partition coefficient (Wildman–Crippen LogP) is 2.20. The van der Waals surface area contributed by atoms with Gasteiger partial charge in [-0.05, 0) is 19.1 Å². The van der Waals surface area contributed by atoms with Gasteiger partial charge in [-0.2, -0.15) is 9.97 Å². The second-order valence-electron chi connectivity index (χ2n) is 4.33. The van der Waals surface area contributed by atoms with Crippen LogP contribution in [0.15, 0.2) is 42.7 Å². The van der Waals surface area contributed by atoms with Crippen LogP contribution in [0.1, 0.15) is 5.69 Å². The van der Waals surface area contributed by atoms with Crippen molar-refractivity contribution in [2.45, 2.75) is 6.92 Å². The van der Waals surface area contributed by atoms with E-state index in [1.54, 1.807) is 24.1 Å². The Morgan fingerprint density at radius 3 is 2.71 bits per heavy atom. The lowest BCUT2D eigenvalue weighted by atomic mass is 10.3. The van der Waals surface area contributed by atoms with Gasteiger partial charge >= 0.3 is 6.01 Å². The zero-order valence-corrected chi connectivity index (χ0v) is 11.7. The predicted molar refractivity (Wildman–Crippen MR) is 77.7 cm³/mol. The quantitative estimate of drug-likeness (QED) is 0.790. The van der Waals surface area contributed by atoms with Gasteiger partial charge in [0, 0.05) is 18.8 Å². The van der Waals surface area contributed by atoms with Gasteiger partial charge in [0.15, 0.2) is 0 Å². The van der Waals surface area contributed by atoms with E-state index in [-0.39, 0.29) is 6.01 Å². The van der Waals surface area contributed by atoms with Crippen molar-refractivity contribution in [1.29, 1.82) is 0 Å². The Labute approximate surface area is 121 Å². The highest BCUT2D eigenvalue weighted by molar-refractivity contribution is 5.32. The molecule has 0 bridgehead atoms. The Hall–Kier alpha value is -2.96. The maximum Gasteiger partial charge on any atom is 0.342 e. The van der Waals surface area contributed by atoms with E-state index in [0.717, 1.165) is 11.4 Å². The third-order valence-corrected chi connectivity index (χ3v) is 2.74. The SMILES string of the molecule is CNc1nc(C)cc(Oc2ncn(-c3ccccc3)n2)n1. The number of aryl methyl sites for hydroxylation is 1. The summed E-state index contributed by atoms with van der Waals surface area (Å²) in [6, 6.07) is 11.7. The van der Waals surface area contributed by atoms with Gasteiger partial charge < -0.3 is 10.1 Å². The fourth-order valence-electron chi connectivity index (χ4n) is 1.80. The fraction of sp³-hybridized carbons (Fsp3) is 0.143. The van der Waals surface area contributed by atoms with Gasteiger partial charge in [-0.3, -0.25) is 0 Å². The Kier molecular flexibility index (Phi) is 3.46. The average molecular weight is 282 g/mol. The lowest BCUT2D eigenvalue weighted by Gasteiger charge is -2.04. The minimum Gasteiger partial charge on any atom is -0.404 e. The Morgan fingerprint density at radius 1 is 1.14 bits per heavy atom. The van der Waals surface area contributed by atoms with E-state index in [1.165, 1.54) is 0 Å². The van der Waals surface area contributed by atoms with Crippen molar-refractivity contribution in [3.63, 3.8) is 0 Å². The molecule has 0 atom stereocenters. The number of hydrogen-bond acceptors (Lipinski definition) is 6. The number of aromatic nitrogens is 5. The average Bonchev–Trinajstić information content (AvgIpc) is 2.96. The minimum absolute atomic E-state index is 0.235. The number of anilines is 1. The molecular weight excluding hydrogens is 268 g/mol. The molecule has 0 fully saturated rings. The zero-order chi connectivity index (χ0) is 14.7. The van der Waals surface area contributed by atoms with Crippen LogP contribution in [0.4, 0.5) is 5.95 Å². The van der Waals surface area contributed by atoms with Crippen molar-refractivity contribution in [1.82, 2.24) is 24.7 Å². The van der Waals surface area contributed by atoms with Crippen LogP contribution in [0.5, 0.6) is 11.9 Å². The van der Waals surface area contributed by atoms with Crippen LogP contribution >= 0.6 is 0 Å². The van der Waals surface area contributed by atoms with E-state index < -0.39 is 0 Å². The normalized spacial score (nSPS) is 10.4. The first-order valence-corrected chi connectivity index (χ1v) is 6.43. The van der Waals surface area contributed by atoms with E-state index >= 15 is 0 Å². The summed E-state index contributed by atoms with van der Waals surface area (Å²) in [6.07, 6.45) is 1.59. The van der Waals surface area contributed by atoms with Crippen molar-refractivity contribution in [3.05, 3.63) is 48.4 Å². The molecule has 2 heterocycles. The van der Waals surface area contributed by atoms with Crippen molar-refractivity contribution in [2.75, 3.05) is 12.4 Å². The molecule has 0 radical (unpaired) electrons. The van der Waals surface area contributed by atoms with Crippen molar-refractivity contribution in [2.24, 2.45) is 0 Å². The van der Waals surface area contributed by atoms with Crippen LogP contribution in [0, 0.1) is 6.92 Å². The minimum atomic E-state index is 0.235. The standard InChI is InChI=1S/C14H14N6O/c1-10-8-12(18-13(15-2)17-10)21-14-16-9-20(19-14)11-6-4-3-5-7-11/h3-9H,1-2H3,(H,15,17,18). The number of hydrogen-bond donors (Lipinski definition) is 1. The molecule has 21 heavy (non-hydrogen) atoms. The molecule has 3 rings (SSSR count). The monoisotopic (exact) mass is 282 g/mol. The molecule has 0 aliphatic carbocycles. The van der Waals surface area contributed by atoms with Gasteiger partial charge in [0.2, 0.25) is 11.8 Å². The highest BCUT2D eigenvalue weighted by Crippen LogP contribution is 2.18. The zero-order valence-electron chi connectivity index (χ0n) is 11.7. The Balaban J connectivity index is 1.83. The Morgan fingerprint density at radius 2 is 1.95 bits per heavy atom. The maximum absolute atomic E-state index is 5.57. The van der Waals surface area contributed by atoms with E-state index in [1.807, 2.05) is 37.3 Å². The number of ether oxygens (including phenoxy) is 1. The molecule has 2 aromatic heterocycles. The fourth-order valence-corrected chi connectivity index (χ4v) is 1.80. The molecule has 0 aliphatic rings. The molecule has 0 spiro atoms. The highest BCUT2D eigenvalue weighted by Gasteiger charge is 2.08. The first-order valence-electron chi connectivity index (χ1n) is 6.43. The molecule has 1 aromatic carbocycles. The molecule has 1 N–H and O–H groups in total. The summed E-state index contributed by atoms with van der Waals surface area (Å²) >= 11 is 0. The highest BCUT2D eigenvalue weighted by atomic mass is 16.5. The summed E-state index contributed by atoms with van der Waals surface area (Å²) in [5.41, 5.74) is 1.71. The van der Waals surface area contributed by atoms with E-state index in [0.29, 0.717) is 11.8 Å². The first kappa shape index (κ1) is 13.0. The van der Waals surface area contributed by atoms with Crippen molar-refractivity contribution < 1.29 is 4.74 Å². The molecule has 7 heteroatoms. The molecule has 3 aromatic rings. The number of para-hydroxylation sites is 1. The molecule has 0 amide bonds. The number of benzene rings is 1. The molecule has 0 saturated heterocycles. The van der Waals surface area contributed by atoms with Crippen LogP contribution in [0.3, 0.4) is 0 Å². The number of nitrogens with one attached hydrogen (secondary N) is 1. The van der Waals surface area contributed by atoms with Crippen LogP contribution in [-0.2, 0) is 0 Å². The van der Waals surface area contributed by atoms with Gasteiger partial charge in [-0.25, -0.2) is 9.67 Å². The number of nitrogens with zero attached hydrogens (tertiary/aromatic N) is 5. The molecule has 106 valence electrons. The molecular formula is C14H14N6O. The van der Waals surface area contributed by atoms with Crippen LogP contribution < -0.4 is 10.1 Å². The first-order chi connectivity index (χ1) is 10.2. The van der Waals surface area contributed by atoms with Crippen molar-refractivity contribution in [3.8, 4) is 17.6 Å². The van der Waals surface area contributed by atoms with E-state index in [2.05, 4.69) is 25.4 Å². The molecule has 0 aliphatic heterocycles. The third-order valence-electron chi connectivity index (χ3n) is 2.74. The topological polar surface area (TPSA) is 77.8 Å². The van der Waals surface area contributed by atoms with E-state index in [9.17, 15) is 0 Å². The number of rotatable bonds is 4. The summed E-state index contributed by atoms with van der Waals surface area (Å²) < 4.78 is 7.21. The summed E-state index contributed by atoms with van der Waals surface area (Å²) in [4.78, 5) is 12.5. The second kappa shape index (κ2) is 5.58. The van der Waals surface area contributed by atoms with Gasteiger partial charge in [-0.15, -0.1) is 5.10 Å². The van der Waals surface area contributed by atoms with Gasteiger partial charge in [0.1, 0.15) is 6.33 Å². The Bertz CT molecular complexity index is 740. The molecule has 0 unspecified atom stereocenters.